The van der Waals surface area contributed by atoms with Crippen LogP contribution in [0.15, 0.2) is 35.2 Å². The van der Waals surface area contributed by atoms with Gasteiger partial charge in [0.2, 0.25) is 11.8 Å². The second-order valence-electron chi connectivity index (χ2n) is 5.21. The second-order valence-corrected chi connectivity index (χ2v) is 6.78. The Hall–Kier alpha value is -2.22. The summed E-state index contributed by atoms with van der Waals surface area (Å²) in [4.78, 5) is 34.9. The predicted molar refractivity (Wildman–Crippen MR) is 83.1 cm³/mol. The van der Waals surface area contributed by atoms with Gasteiger partial charge < -0.3 is 15.7 Å². The van der Waals surface area contributed by atoms with E-state index < -0.39 is 34.8 Å². The van der Waals surface area contributed by atoms with Crippen LogP contribution in [0.25, 0.3) is 0 Å². The zero-order chi connectivity index (χ0) is 16.8. The fraction of sp³-hybridized carbons (Fsp3) is 0.400. The molecule has 1 aromatic carbocycles. The van der Waals surface area contributed by atoms with E-state index in [1.807, 2.05) is 0 Å². The van der Waals surface area contributed by atoms with Gasteiger partial charge in [0.1, 0.15) is 12.1 Å². The van der Waals surface area contributed by atoms with Crippen molar-refractivity contribution in [3.05, 3.63) is 30.3 Å². The molecule has 1 aliphatic heterocycles. The minimum Gasteiger partial charge on any atom is -0.480 e. The molecule has 3 atom stereocenters. The van der Waals surface area contributed by atoms with Gasteiger partial charge in [-0.25, -0.2) is 4.79 Å². The van der Waals surface area contributed by atoms with Crippen LogP contribution in [0.2, 0.25) is 0 Å². The molecule has 1 aromatic rings. The first-order valence-corrected chi connectivity index (χ1v) is 8.55. The molecule has 2 rings (SSSR count). The molecular formula is C15H18N2O5S. The van der Waals surface area contributed by atoms with E-state index in [1.165, 1.54) is 0 Å². The lowest BCUT2D eigenvalue weighted by Crippen LogP contribution is -2.49. The molecule has 0 saturated carbocycles. The molecule has 1 saturated heterocycles. The van der Waals surface area contributed by atoms with Gasteiger partial charge in [-0.2, -0.15) is 0 Å². The fourth-order valence-electron chi connectivity index (χ4n) is 2.26. The van der Waals surface area contributed by atoms with Gasteiger partial charge in [0.25, 0.3) is 0 Å². The minimum absolute atomic E-state index is 0.0449. The number of aliphatic carboxylic acids is 1. The highest BCUT2D eigenvalue weighted by Crippen LogP contribution is 2.10. The second kappa shape index (κ2) is 7.87. The number of carbonyl (C=O) groups excluding carboxylic acids is 2. The van der Waals surface area contributed by atoms with Crippen LogP contribution < -0.4 is 10.6 Å². The maximum atomic E-state index is 12.1. The van der Waals surface area contributed by atoms with Crippen molar-refractivity contribution in [2.24, 2.45) is 0 Å². The first-order chi connectivity index (χ1) is 11.0. The van der Waals surface area contributed by atoms with Crippen molar-refractivity contribution in [1.29, 1.82) is 0 Å². The summed E-state index contributed by atoms with van der Waals surface area (Å²) < 4.78 is 12.1. The van der Waals surface area contributed by atoms with Crippen LogP contribution in [-0.4, -0.2) is 44.9 Å². The Balaban J connectivity index is 1.89. The molecule has 8 heteroatoms. The van der Waals surface area contributed by atoms with Crippen molar-refractivity contribution in [2.75, 3.05) is 5.75 Å². The van der Waals surface area contributed by atoms with Gasteiger partial charge in [-0.05, 0) is 25.0 Å². The molecule has 0 radical (unpaired) electrons. The third-order valence-electron chi connectivity index (χ3n) is 3.52. The van der Waals surface area contributed by atoms with E-state index in [9.17, 15) is 23.7 Å². The third-order valence-corrected chi connectivity index (χ3v) is 4.93. The first-order valence-electron chi connectivity index (χ1n) is 7.23. The van der Waals surface area contributed by atoms with Crippen LogP contribution >= 0.6 is 0 Å². The number of carboxylic acids is 1. The maximum absolute atomic E-state index is 12.1. The number of nitrogens with one attached hydrogen (secondary N) is 2. The van der Waals surface area contributed by atoms with Crippen molar-refractivity contribution in [1.82, 2.24) is 10.6 Å². The van der Waals surface area contributed by atoms with Crippen molar-refractivity contribution in [3.8, 4) is 0 Å². The average Bonchev–Trinajstić information content (AvgIpc) is 2.98. The molecule has 0 aliphatic carbocycles. The summed E-state index contributed by atoms with van der Waals surface area (Å²) >= 11 is 0. The number of carbonyl (C=O) groups is 3. The van der Waals surface area contributed by atoms with Crippen molar-refractivity contribution >= 4 is 28.6 Å². The average molecular weight is 338 g/mol. The van der Waals surface area contributed by atoms with Gasteiger partial charge in [-0.1, -0.05) is 18.2 Å². The van der Waals surface area contributed by atoms with E-state index in [1.54, 1.807) is 30.3 Å². The molecule has 23 heavy (non-hydrogen) atoms. The van der Waals surface area contributed by atoms with Crippen LogP contribution in [0.1, 0.15) is 19.3 Å². The largest absolute Gasteiger partial charge is 0.480 e. The summed E-state index contributed by atoms with van der Waals surface area (Å²) in [5.41, 5.74) is 0. The quantitative estimate of drug-likeness (QED) is 0.649. The number of carboxylic acid groups (broad SMARTS) is 1. The summed E-state index contributed by atoms with van der Waals surface area (Å²) in [6.45, 7) is 0. The highest BCUT2D eigenvalue weighted by Gasteiger charge is 2.30. The van der Waals surface area contributed by atoms with E-state index in [0.717, 1.165) is 0 Å². The van der Waals surface area contributed by atoms with Crippen LogP contribution in [0.4, 0.5) is 0 Å². The van der Waals surface area contributed by atoms with Crippen LogP contribution in [0.3, 0.4) is 0 Å². The van der Waals surface area contributed by atoms with Crippen molar-refractivity contribution in [3.63, 3.8) is 0 Å². The molecular weight excluding hydrogens is 320 g/mol. The summed E-state index contributed by atoms with van der Waals surface area (Å²) in [5.74, 6) is -1.80. The Morgan fingerprint density at radius 1 is 1.35 bits per heavy atom. The van der Waals surface area contributed by atoms with Crippen LogP contribution in [0, 0.1) is 0 Å². The molecule has 0 unspecified atom stereocenters. The standard InChI is InChI=1S/C15H18N2O5S/c18-13-7-6-11(16-13)14(19)17-12(15(20)21)8-9-23(22)10-4-2-1-3-5-10/h1-5,11-12H,6-9H2,(H,16,18)(H,17,19)(H,20,21)/t11-,12+,23+/m0/s1. The predicted octanol–water partition coefficient (Wildman–Crippen LogP) is 0.0323. The Morgan fingerprint density at radius 2 is 2.04 bits per heavy atom. The van der Waals surface area contributed by atoms with Crippen molar-refractivity contribution < 1.29 is 23.7 Å². The fourth-order valence-corrected chi connectivity index (χ4v) is 3.40. The Labute approximate surface area is 135 Å². The zero-order valence-corrected chi connectivity index (χ0v) is 13.2. The zero-order valence-electron chi connectivity index (χ0n) is 12.4. The van der Waals surface area contributed by atoms with Crippen LogP contribution in [0.5, 0.6) is 0 Å². The number of amides is 2. The molecule has 1 heterocycles. The highest BCUT2D eigenvalue weighted by molar-refractivity contribution is 7.85. The van der Waals surface area contributed by atoms with Gasteiger partial charge in [-0.15, -0.1) is 0 Å². The molecule has 0 aromatic heterocycles. The lowest BCUT2D eigenvalue weighted by atomic mass is 10.1. The van der Waals surface area contributed by atoms with E-state index >= 15 is 0 Å². The molecule has 124 valence electrons. The highest BCUT2D eigenvalue weighted by atomic mass is 32.2. The maximum Gasteiger partial charge on any atom is 0.326 e. The van der Waals surface area contributed by atoms with E-state index in [-0.39, 0.29) is 24.5 Å². The lowest BCUT2D eigenvalue weighted by Gasteiger charge is -2.17. The number of hydrogen-bond acceptors (Lipinski definition) is 4. The van der Waals surface area contributed by atoms with Gasteiger partial charge in [0.05, 0.1) is 10.8 Å². The van der Waals surface area contributed by atoms with Gasteiger partial charge >= 0.3 is 5.97 Å². The molecule has 3 N–H and O–H groups in total. The SMILES string of the molecule is O=C1CC[C@@H](C(=O)N[C@H](CC[S@@](=O)c2ccccc2)C(=O)O)N1. The summed E-state index contributed by atoms with van der Waals surface area (Å²) in [6, 6.07) is 6.91. The summed E-state index contributed by atoms with van der Waals surface area (Å²) in [6.07, 6.45) is 0.657. The molecule has 0 spiro atoms. The third kappa shape index (κ3) is 4.88. The number of benzene rings is 1. The van der Waals surface area contributed by atoms with Crippen LogP contribution in [-0.2, 0) is 25.2 Å². The number of rotatable bonds is 7. The van der Waals surface area contributed by atoms with E-state index in [2.05, 4.69) is 10.6 Å². The molecule has 7 nitrogen and oxygen atoms in total. The molecule has 0 bridgehead atoms. The van der Waals surface area contributed by atoms with Gasteiger partial charge in [0, 0.05) is 17.1 Å². The van der Waals surface area contributed by atoms with Crippen molar-refractivity contribution in [2.45, 2.75) is 36.2 Å². The van der Waals surface area contributed by atoms with Gasteiger partial charge in [0.15, 0.2) is 0 Å². The Morgan fingerprint density at radius 3 is 2.61 bits per heavy atom. The van der Waals surface area contributed by atoms with Gasteiger partial charge in [-0.3, -0.25) is 13.8 Å². The number of hydrogen-bond donors (Lipinski definition) is 3. The minimum atomic E-state index is -1.33. The lowest BCUT2D eigenvalue weighted by molar-refractivity contribution is -0.142. The van der Waals surface area contributed by atoms with E-state index in [4.69, 9.17) is 0 Å². The Kier molecular flexibility index (Phi) is 5.86. The monoisotopic (exact) mass is 338 g/mol. The van der Waals surface area contributed by atoms with E-state index in [0.29, 0.717) is 11.3 Å². The smallest absolute Gasteiger partial charge is 0.326 e. The summed E-state index contributed by atoms with van der Waals surface area (Å²) in [5, 5.41) is 14.1. The topological polar surface area (TPSA) is 113 Å². The molecule has 1 fully saturated rings. The summed E-state index contributed by atoms with van der Waals surface area (Å²) in [7, 11) is -1.33. The Bertz CT molecular complexity index is 620. The molecule has 1 aliphatic rings. The normalized spacial score (nSPS) is 19.7. The molecule has 2 amide bonds. The first kappa shape index (κ1) is 17.1.